The molecule has 0 aliphatic carbocycles. The zero-order chi connectivity index (χ0) is 57.2. The van der Waals surface area contributed by atoms with E-state index in [-0.39, 0.29) is 70.0 Å². The number of amidine groups is 1. The number of carbonyl (C=O) groups excluding carboxylic acids is 4. The van der Waals surface area contributed by atoms with Crippen LogP contribution in [0.5, 0.6) is 11.5 Å². The second kappa shape index (κ2) is 22.8. The molecule has 0 atom stereocenters. The number of aliphatic imine (C=N–C) groups is 2. The third kappa shape index (κ3) is 10.1. The molecule has 0 fully saturated rings. The SMILES string of the molecule is N#CC(N)=Nc1ccc(-c2cc3c(s2)-c2sc4c5c(sc4c2C(C(=O)OCc2ccccc2)(C(=O)OCc2ccccc2)O3)-c2sc(-c3ccc(N=C(C#N)C#N)s3)cc2OC5(C(=O)OCc2ccccc2)C(=O)OCc2ccccc2)s1. The highest BCUT2D eigenvalue weighted by Crippen LogP contribution is 2.65. The highest BCUT2D eigenvalue weighted by molar-refractivity contribution is 7.35. The summed E-state index contributed by atoms with van der Waals surface area (Å²) in [6.45, 7) is -1.08. The maximum Gasteiger partial charge on any atom is 0.367 e. The van der Waals surface area contributed by atoms with Crippen LogP contribution in [0, 0.1) is 34.0 Å². The van der Waals surface area contributed by atoms with Gasteiger partial charge in [-0.2, -0.15) is 15.8 Å². The molecule has 4 aromatic carbocycles. The van der Waals surface area contributed by atoms with Crippen LogP contribution in [0.2, 0.25) is 0 Å². The average Bonchev–Trinajstić information content (AvgIpc) is 2.58. The van der Waals surface area contributed by atoms with Gasteiger partial charge in [0.2, 0.25) is 11.5 Å². The molecule has 8 heterocycles. The number of benzene rings is 4. The van der Waals surface area contributed by atoms with Crippen molar-refractivity contribution in [3.8, 4) is 68.7 Å². The van der Waals surface area contributed by atoms with Crippen molar-refractivity contribution in [2.45, 2.75) is 37.6 Å². The third-order valence-corrected chi connectivity index (χ3v) is 20.5. The normalized spacial score (nSPS) is 13.2. The van der Waals surface area contributed by atoms with Gasteiger partial charge in [0.25, 0.3) is 0 Å². The van der Waals surface area contributed by atoms with Gasteiger partial charge in [-0.3, -0.25) is 0 Å². The van der Waals surface area contributed by atoms with Crippen molar-refractivity contribution in [2.24, 2.45) is 15.7 Å². The van der Waals surface area contributed by atoms with Crippen molar-refractivity contribution >= 4 is 123 Å². The van der Waals surface area contributed by atoms with Crippen molar-refractivity contribution in [1.29, 1.82) is 15.8 Å². The lowest BCUT2D eigenvalue weighted by Crippen LogP contribution is -2.52. The number of ether oxygens (including phenoxy) is 6. The second-order valence-electron chi connectivity index (χ2n) is 18.3. The summed E-state index contributed by atoms with van der Waals surface area (Å²) in [6, 6.07) is 51.4. The number of carbonyl (C=O) groups is 4. The molecule has 0 bridgehead atoms. The van der Waals surface area contributed by atoms with Crippen molar-refractivity contribution in [2.75, 3.05) is 0 Å². The maximum absolute atomic E-state index is 15.7. The topological polar surface area (TPSA) is 246 Å². The number of nitriles is 3. The first kappa shape index (κ1) is 54.0. The molecule has 2 aliphatic rings. The van der Waals surface area contributed by atoms with E-state index in [0.717, 1.165) is 22.7 Å². The number of esters is 4. The van der Waals surface area contributed by atoms with E-state index in [4.69, 9.17) is 34.2 Å². The maximum atomic E-state index is 15.7. The van der Waals surface area contributed by atoms with Crippen LogP contribution in [0.4, 0.5) is 10.0 Å². The average molecular weight is 1210 g/mol. The molecular weight excluding hydrogens is 1170 g/mol. The van der Waals surface area contributed by atoms with Gasteiger partial charge in [0, 0.05) is 31.6 Å². The molecule has 0 unspecified atom stereocenters. The van der Waals surface area contributed by atoms with Gasteiger partial charge in [-0.15, -0.1) is 68.0 Å². The Labute approximate surface area is 496 Å². The highest BCUT2D eigenvalue weighted by Gasteiger charge is 2.64. The summed E-state index contributed by atoms with van der Waals surface area (Å²) in [6.07, 6.45) is 0. The zero-order valence-corrected chi connectivity index (χ0v) is 47.6. The van der Waals surface area contributed by atoms with E-state index in [0.29, 0.717) is 71.3 Å². The Morgan fingerprint density at radius 3 is 1.12 bits per heavy atom. The summed E-state index contributed by atoms with van der Waals surface area (Å²) in [7, 11) is 0. The fraction of sp³-hybridized carbons (Fsp3) is 0.0984. The minimum Gasteiger partial charge on any atom is -0.458 e. The van der Waals surface area contributed by atoms with Crippen molar-refractivity contribution in [3.05, 3.63) is 191 Å². The summed E-state index contributed by atoms with van der Waals surface area (Å²) in [5, 5.41) is 29.2. The van der Waals surface area contributed by atoms with Crippen LogP contribution in [0.3, 0.4) is 0 Å². The Balaban J connectivity index is 1.11. The number of hydrogen-bond acceptors (Lipinski definition) is 21. The molecule has 406 valence electrons. The largest absolute Gasteiger partial charge is 0.458 e. The van der Waals surface area contributed by atoms with E-state index in [2.05, 4.69) is 9.98 Å². The molecule has 83 heavy (non-hydrogen) atoms. The van der Waals surface area contributed by atoms with Crippen LogP contribution in [-0.2, 0) is 75.8 Å². The van der Waals surface area contributed by atoms with E-state index in [1.54, 1.807) is 146 Å². The fourth-order valence-electron chi connectivity index (χ4n) is 9.19. The summed E-state index contributed by atoms with van der Waals surface area (Å²) in [5.41, 5.74) is 2.60. The van der Waals surface area contributed by atoms with Gasteiger partial charge in [0.05, 0.1) is 40.0 Å². The predicted octanol–water partition coefficient (Wildman–Crippen LogP) is 13.7. The Hall–Kier alpha value is -9.57. The molecule has 2 aliphatic heterocycles. The second-order valence-corrected chi connectivity index (χ2v) is 24.5. The number of nitrogens with two attached hydrogens (primary N) is 1. The Morgan fingerprint density at radius 2 is 0.783 bits per heavy atom. The molecule has 2 N–H and O–H groups in total. The fourth-order valence-corrected chi connectivity index (χ4v) is 16.6. The first-order valence-corrected chi connectivity index (χ1v) is 29.8. The number of rotatable bonds is 16. The lowest BCUT2D eigenvalue weighted by molar-refractivity contribution is -0.184. The van der Waals surface area contributed by atoms with Gasteiger partial charge >= 0.3 is 35.1 Å². The van der Waals surface area contributed by atoms with E-state index >= 15 is 19.2 Å². The molecule has 0 spiro atoms. The van der Waals surface area contributed by atoms with Gasteiger partial charge in [-0.25, -0.2) is 29.2 Å². The number of fused-ring (bicyclic) bond motifs is 9. The van der Waals surface area contributed by atoms with Crippen molar-refractivity contribution < 1.29 is 47.6 Å². The minimum atomic E-state index is -2.71. The summed E-state index contributed by atoms with van der Waals surface area (Å²) in [4.78, 5) is 75.3. The van der Waals surface area contributed by atoms with Gasteiger partial charge < -0.3 is 34.2 Å². The number of hydrogen-bond donors (Lipinski definition) is 1. The van der Waals surface area contributed by atoms with Crippen LogP contribution in [0.15, 0.2) is 168 Å². The molecule has 10 aromatic rings. The zero-order valence-electron chi connectivity index (χ0n) is 42.7. The minimum absolute atomic E-state index is 0.0384. The number of nitrogens with zero attached hydrogens (tertiary/aromatic N) is 5. The van der Waals surface area contributed by atoms with Gasteiger partial charge in [0.15, 0.2) is 0 Å². The first-order valence-electron chi connectivity index (χ1n) is 24.9. The molecule has 0 amide bonds. The summed E-state index contributed by atoms with van der Waals surface area (Å²) < 4.78 is 39.1. The van der Waals surface area contributed by atoms with Gasteiger partial charge in [-0.05, 0) is 46.5 Å². The lowest BCUT2D eigenvalue weighted by atomic mass is 9.88. The van der Waals surface area contributed by atoms with Crippen LogP contribution in [-0.4, -0.2) is 35.4 Å². The smallest absolute Gasteiger partial charge is 0.367 e. The van der Waals surface area contributed by atoms with Gasteiger partial charge in [-0.1, -0.05) is 121 Å². The first-order chi connectivity index (χ1) is 40.5. The quantitative estimate of drug-likeness (QED) is 0.0311. The van der Waals surface area contributed by atoms with E-state index in [1.807, 2.05) is 30.3 Å². The van der Waals surface area contributed by atoms with E-state index in [9.17, 15) is 15.8 Å². The molecule has 0 saturated heterocycles. The molecule has 12 rings (SSSR count). The molecule has 22 heteroatoms. The van der Waals surface area contributed by atoms with Crippen molar-refractivity contribution in [3.63, 3.8) is 0 Å². The highest BCUT2D eigenvalue weighted by atomic mass is 32.1. The van der Waals surface area contributed by atoms with Crippen molar-refractivity contribution in [1.82, 2.24) is 0 Å². The molecule has 0 saturated carbocycles. The Morgan fingerprint density at radius 1 is 0.434 bits per heavy atom. The van der Waals surface area contributed by atoms with Crippen LogP contribution >= 0.6 is 68.0 Å². The van der Waals surface area contributed by atoms with Crippen LogP contribution in [0.1, 0.15) is 33.4 Å². The van der Waals surface area contributed by atoms with E-state index < -0.39 is 35.1 Å². The summed E-state index contributed by atoms with van der Waals surface area (Å²) >= 11 is 7.21. The third-order valence-electron chi connectivity index (χ3n) is 13.0. The molecular formula is C61H36N6O10S6. The predicted molar refractivity (Wildman–Crippen MR) is 318 cm³/mol. The monoisotopic (exact) mass is 1200 g/mol. The Bertz CT molecular complexity index is 4260. The molecule has 0 radical (unpaired) electrons. The summed E-state index contributed by atoms with van der Waals surface area (Å²) in [5.74, 6) is -4.45. The van der Waals surface area contributed by atoms with Gasteiger partial charge in [0.1, 0.15) is 66.1 Å². The van der Waals surface area contributed by atoms with Crippen LogP contribution in [0.25, 0.3) is 48.4 Å². The van der Waals surface area contributed by atoms with Crippen LogP contribution < -0.4 is 15.2 Å². The van der Waals surface area contributed by atoms with E-state index in [1.165, 1.54) is 45.3 Å². The standard InChI is InChI=1S/C61H36N6O10S6/c62-27-38(28-63)66-46-23-21-41(78-46)43-25-39-50(80-43)52-48(60(76-39,56(68)72-30-34-13-5-1-6-14-34)57(69)73-31-35-15-7-2-8-16-35)54-55(82-52)49-53(83-54)51-40(26-44(81-51)42-22-24-47(79-42)67-45(65)29-64)77-61(49,58(70)74-32-36-17-9-3-10-18-36)59(71)75-33-37-19-11-4-12-20-37/h1-26H,30-33H2,(H2,65,67). The number of thiophene rings is 6. The Kier molecular flexibility index (Phi) is 14.8. The lowest BCUT2D eigenvalue weighted by Gasteiger charge is -2.33. The molecule has 6 aromatic heterocycles. The molecule has 16 nitrogen and oxygen atoms in total.